The Bertz CT molecular complexity index is 2410. The molecule has 0 bridgehead atoms. The maximum atomic E-state index is 12.2. The fourth-order valence-corrected chi connectivity index (χ4v) is 9.67. The van der Waals surface area contributed by atoms with E-state index < -0.39 is 78.6 Å². The first-order chi connectivity index (χ1) is 26.3. The molecular formula is C36H48N2O15S4. The van der Waals surface area contributed by atoms with E-state index in [4.69, 9.17) is 9.84 Å². The van der Waals surface area contributed by atoms with E-state index in [1.807, 2.05) is 11.8 Å². The molecule has 2 aliphatic heterocycles. The van der Waals surface area contributed by atoms with E-state index in [0.29, 0.717) is 66.1 Å². The molecule has 0 radical (unpaired) electrons. The first-order valence-corrected chi connectivity index (χ1v) is 24.0. The van der Waals surface area contributed by atoms with Crippen molar-refractivity contribution in [1.29, 1.82) is 0 Å². The van der Waals surface area contributed by atoms with Crippen LogP contribution in [0.2, 0.25) is 0 Å². The number of ether oxygens (including phenoxy) is 1. The van der Waals surface area contributed by atoms with Crippen molar-refractivity contribution in [1.82, 2.24) is 0 Å². The SMILES string of the molecule is COCCC1(C)C(=CC=CC2=[N+](CCCS(=O)(=O)O)c3ccc(S(=O)(=O)O)cc3C2(C)CCCS(=O)(=O)O)N(CCCCCC(=O)O)c2ccc(S(=O)(=O)[O-])cc21. The average Bonchev–Trinajstić information content (AvgIpc) is 3.45. The van der Waals surface area contributed by atoms with Crippen molar-refractivity contribution in [3.8, 4) is 0 Å². The number of nitrogens with zero attached hydrogens (tertiary/aromatic N) is 2. The number of carboxylic acids is 1. The molecule has 316 valence electrons. The molecule has 0 saturated heterocycles. The number of fused-ring (bicyclic) bond motifs is 2. The number of allylic oxidation sites excluding steroid dienone is 4. The van der Waals surface area contributed by atoms with Gasteiger partial charge in [-0.2, -0.15) is 29.8 Å². The van der Waals surface area contributed by atoms with Crippen molar-refractivity contribution in [2.45, 2.75) is 85.8 Å². The fourth-order valence-electron chi connectivity index (χ4n) is 7.66. The minimum atomic E-state index is -4.84. The molecule has 2 aromatic rings. The van der Waals surface area contributed by atoms with Crippen LogP contribution < -0.4 is 4.90 Å². The summed E-state index contributed by atoms with van der Waals surface area (Å²) in [6, 6.07) is 7.95. The van der Waals surface area contributed by atoms with Gasteiger partial charge in [-0.3, -0.25) is 18.5 Å². The van der Waals surface area contributed by atoms with Crippen LogP contribution in [0.25, 0.3) is 0 Å². The van der Waals surface area contributed by atoms with E-state index in [-0.39, 0.29) is 38.8 Å². The quantitative estimate of drug-likeness (QED) is 0.0783. The molecular weight excluding hydrogens is 829 g/mol. The van der Waals surface area contributed by atoms with E-state index in [1.54, 1.807) is 35.8 Å². The number of carboxylic acid groups (broad SMARTS) is 1. The highest BCUT2D eigenvalue weighted by atomic mass is 32.2. The number of aliphatic carboxylic acids is 1. The van der Waals surface area contributed by atoms with Gasteiger partial charge in [0.15, 0.2) is 5.71 Å². The van der Waals surface area contributed by atoms with E-state index >= 15 is 0 Å². The monoisotopic (exact) mass is 876 g/mol. The number of benzene rings is 2. The minimum Gasteiger partial charge on any atom is -0.744 e. The predicted molar refractivity (Wildman–Crippen MR) is 209 cm³/mol. The Hall–Kier alpha value is -3.54. The van der Waals surface area contributed by atoms with Gasteiger partial charge in [0.1, 0.15) is 16.7 Å². The lowest BCUT2D eigenvalue weighted by molar-refractivity contribution is -0.437. The molecule has 0 spiro atoms. The molecule has 2 aromatic carbocycles. The minimum absolute atomic E-state index is 0.00590. The van der Waals surface area contributed by atoms with Crippen LogP contribution in [0.15, 0.2) is 70.1 Å². The first-order valence-electron chi connectivity index (χ1n) is 18.0. The Morgan fingerprint density at radius 2 is 1.46 bits per heavy atom. The number of unbranched alkanes of at least 4 members (excludes halogenated alkanes) is 2. The van der Waals surface area contributed by atoms with Gasteiger partial charge in [0, 0.05) is 67.6 Å². The predicted octanol–water partition coefficient (Wildman–Crippen LogP) is 4.04. The molecule has 57 heavy (non-hydrogen) atoms. The molecule has 4 N–H and O–H groups in total. The van der Waals surface area contributed by atoms with Gasteiger partial charge in [-0.25, -0.2) is 8.42 Å². The van der Waals surface area contributed by atoms with Gasteiger partial charge in [0.2, 0.25) is 5.69 Å². The Kier molecular flexibility index (Phi) is 14.4. The third kappa shape index (κ3) is 11.4. The topological polar surface area (TPSA) is 273 Å². The second kappa shape index (κ2) is 17.8. The van der Waals surface area contributed by atoms with Gasteiger partial charge in [0.05, 0.1) is 26.7 Å². The van der Waals surface area contributed by atoms with E-state index in [9.17, 15) is 56.7 Å². The van der Waals surface area contributed by atoms with Crippen LogP contribution in [0.5, 0.6) is 0 Å². The summed E-state index contributed by atoms with van der Waals surface area (Å²) in [5, 5.41) is 9.12. The lowest BCUT2D eigenvalue weighted by Gasteiger charge is -2.30. The highest BCUT2D eigenvalue weighted by Crippen LogP contribution is 2.51. The van der Waals surface area contributed by atoms with Crippen LogP contribution in [0, 0.1) is 0 Å². The van der Waals surface area contributed by atoms with Gasteiger partial charge in [-0.15, -0.1) is 0 Å². The smallest absolute Gasteiger partial charge is 0.303 e. The molecule has 0 aliphatic carbocycles. The van der Waals surface area contributed by atoms with Gasteiger partial charge >= 0.3 is 5.97 Å². The van der Waals surface area contributed by atoms with Crippen LogP contribution in [0.1, 0.15) is 76.3 Å². The molecule has 17 nitrogen and oxygen atoms in total. The number of methoxy groups -OCH3 is 1. The standard InChI is InChI=1S/C36H48N2O15S4/c1-35(17-8-22-54(41,42)43)28-24-26(56(47,48)49)13-15-30(28)38(20-9-23-55(44,45)46)32(35)10-7-11-33-36(2,18-21-53-3)29-25-27(57(50,51)52)14-16-31(29)37(33)19-6-4-5-12-34(39)40/h7,10-11,13-16,24-25H,4-6,8-9,12,17-23H2,1-3H3,(H4-,39,40,41,42,43,44,45,46,47,48,49,50,51,52). The summed E-state index contributed by atoms with van der Waals surface area (Å²) in [4.78, 5) is 12.2. The largest absolute Gasteiger partial charge is 0.744 e. The number of hydrogen-bond donors (Lipinski definition) is 4. The van der Waals surface area contributed by atoms with Gasteiger partial charge in [0.25, 0.3) is 30.4 Å². The Labute approximate surface area is 333 Å². The second-order valence-corrected chi connectivity index (χ2v) is 20.5. The molecule has 0 fully saturated rings. The summed E-state index contributed by atoms with van der Waals surface area (Å²) in [7, 11) is -16.8. The van der Waals surface area contributed by atoms with Gasteiger partial charge in [-0.05, 0) is 87.9 Å². The molecule has 4 rings (SSSR count). The summed E-state index contributed by atoms with van der Waals surface area (Å²) in [6.45, 7) is 4.18. The Morgan fingerprint density at radius 3 is 2.05 bits per heavy atom. The third-order valence-corrected chi connectivity index (χ3v) is 13.7. The van der Waals surface area contributed by atoms with E-state index in [2.05, 4.69) is 0 Å². The zero-order valence-corrected chi connectivity index (χ0v) is 35.0. The molecule has 2 heterocycles. The van der Waals surface area contributed by atoms with E-state index in [0.717, 1.165) is 0 Å². The lowest BCUT2D eigenvalue weighted by Crippen LogP contribution is -2.32. The summed E-state index contributed by atoms with van der Waals surface area (Å²) >= 11 is 0. The number of carbonyl (C=O) groups is 1. The molecule has 0 aromatic heterocycles. The van der Waals surface area contributed by atoms with Crippen LogP contribution in [0.4, 0.5) is 11.4 Å². The molecule has 21 heteroatoms. The number of hydrogen-bond acceptors (Lipinski definition) is 12. The lowest BCUT2D eigenvalue weighted by atomic mass is 9.75. The number of rotatable bonds is 21. The maximum Gasteiger partial charge on any atom is 0.303 e. The normalized spacial score (nSPS) is 20.8. The average molecular weight is 877 g/mol. The maximum absolute atomic E-state index is 12.2. The van der Waals surface area contributed by atoms with Crippen molar-refractivity contribution < 1.29 is 71.1 Å². The van der Waals surface area contributed by atoms with E-state index in [1.165, 1.54) is 37.4 Å². The fraction of sp³-hybridized carbons (Fsp3) is 0.500. The van der Waals surface area contributed by atoms with Crippen LogP contribution in [0.3, 0.4) is 0 Å². The third-order valence-electron chi connectivity index (χ3n) is 10.5. The van der Waals surface area contributed by atoms with Gasteiger partial charge in [-0.1, -0.05) is 12.5 Å². The highest BCUT2D eigenvalue weighted by molar-refractivity contribution is 7.86. The summed E-state index contributed by atoms with van der Waals surface area (Å²) in [5.41, 5.74) is 0.960. The van der Waals surface area contributed by atoms with Crippen LogP contribution in [-0.4, -0.2) is 112 Å². The first kappa shape index (κ1) is 46.2. The Balaban J connectivity index is 1.93. The molecule has 2 aliphatic rings. The van der Waals surface area contributed by atoms with Gasteiger partial charge < -0.3 is 19.3 Å². The van der Waals surface area contributed by atoms with Crippen molar-refractivity contribution in [3.63, 3.8) is 0 Å². The Morgan fingerprint density at radius 1 is 0.825 bits per heavy atom. The van der Waals surface area contributed by atoms with Crippen molar-refractivity contribution in [2.24, 2.45) is 0 Å². The zero-order chi connectivity index (χ0) is 42.6. The summed E-state index contributed by atoms with van der Waals surface area (Å²) in [5.74, 6) is -2.16. The number of anilines is 1. The van der Waals surface area contributed by atoms with Crippen LogP contribution >= 0.6 is 0 Å². The van der Waals surface area contributed by atoms with Crippen molar-refractivity contribution in [3.05, 3.63) is 71.5 Å². The molecule has 0 amide bonds. The summed E-state index contributed by atoms with van der Waals surface area (Å²) in [6.07, 6.45) is 6.84. The van der Waals surface area contributed by atoms with Crippen molar-refractivity contribution in [2.75, 3.05) is 43.2 Å². The molecule has 2 unspecified atom stereocenters. The highest BCUT2D eigenvalue weighted by Gasteiger charge is 2.48. The van der Waals surface area contributed by atoms with Crippen molar-refractivity contribution >= 4 is 63.5 Å². The van der Waals surface area contributed by atoms with Crippen LogP contribution in [-0.2, 0) is 60.8 Å². The molecule has 2 atom stereocenters. The zero-order valence-electron chi connectivity index (χ0n) is 31.7. The molecule has 0 saturated carbocycles. The second-order valence-electron chi connectivity index (χ2n) is 14.5. The summed E-state index contributed by atoms with van der Waals surface area (Å²) < 4.78 is 144.